The van der Waals surface area contributed by atoms with Crippen LogP contribution in [0.1, 0.15) is 41.7 Å². The molecule has 2 aromatic heterocycles. The number of aromatic nitrogens is 4. The van der Waals surface area contributed by atoms with Crippen molar-refractivity contribution in [1.82, 2.24) is 24.9 Å². The predicted octanol–water partition coefficient (Wildman–Crippen LogP) is 3.94. The zero-order valence-electron chi connectivity index (χ0n) is 19.0. The van der Waals surface area contributed by atoms with Crippen LogP contribution >= 0.6 is 0 Å². The Morgan fingerprint density at radius 2 is 1.86 bits per heavy atom. The molecule has 0 radical (unpaired) electrons. The van der Waals surface area contributed by atoms with Gasteiger partial charge in [0.15, 0.2) is 5.69 Å². The van der Waals surface area contributed by atoms with Crippen molar-refractivity contribution >= 4 is 16.8 Å². The van der Waals surface area contributed by atoms with Crippen LogP contribution in [-0.2, 0) is 13.6 Å². The third-order valence-corrected chi connectivity index (χ3v) is 6.47. The van der Waals surface area contributed by atoms with Gasteiger partial charge in [-0.1, -0.05) is 25.0 Å². The summed E-state index contributed by atoms with van der Waals surface area (Å²) in [5.41, 5.74) is 1.02. The summed E-state index contributed by atoms with van der Waals surface area (Å²) in [5.74, 6) is -2.85. The first-order chi connectivity index (χ1) is 16.8. The first-order valence-corrected chi connectivity index (χ1v) is 11.4. The highest BCUT2D eigenvalue weighted by molar-refractivity contribution is 6.05. The molecule has 1 aliphatic carbocycles. The molecule has 182 valence electrons. The molecular weight excluding hydrogens is 459 g/mol. The van der Waals surface area contributed by atoms with E-state index in [9.17, 15) is 23.1 Å². The molecule has 0 unspecified atom stereocenters. The van der Waals surface area contributed by atoms with E-state index in [1.807, 2.05) is 0 Å². The van der Waals surface area contributed by atoms with Crippen molar-refractivity contribution in [3.8, 4) is 11.1 Å². The van der Waals surface area contributed by atoms with Gasteiger partial charge >= 0.3 is 0 Å². The van der Waals surface area contributed by atoms with E-state index in [2.05, 4.69) is 15.5 Å². The molecule has 4 aromatic rings. The maximum Gasteiger partial charge on any atom is 0.272 e. The van der Waals surface area contributed by atoms with E-state index in [0.29, 0.717) is 18.4 Å². The molecule has 1 fully saturated rings. The van der Waals surface area contributed by atoms with E-state index in [4.69, 9.17) is 0 Å². The number of amides is 1. The predicted molar refractivity (Wildman–Crippen MR) is 123 cm³/mol. The summed E-state index contributed by atoms with van der Waals surface area (Å²) in [6.45, 7) is -0.213. The fraction of sp³-hybridized carbons (Fsp3) is 0.320. The quantitative estimate of drug-likeness (QED) is 0.451. The Morgan fingerprint density at radius 1 is 1.09 bits per heavy atom. The van der Waals surface area contributed by atoms with Crippen LogP contribution in [0.4, 0.5) is 13.2 Å². The number of aliphatic hydroxyl groups excluding tert-OH is 1. The first kappa shape index (κ1) is 23.1. The second-order valence-corrected chi connectivity index (χ2v) is 8.90. The van der Waals surface area contributed by atoms with Gasteiger partial charge in [0.2, 0.25) is 0 Å². The van der Waals surface area contributed by atoms with Gasteiger partial charge in [-0.15, -0.1) is 0 Å². The Labute approximate surface area is 199 Å². The number of hydrogen-bond donors (Lipinski definition) is 2. The number of benzene rings is 2. The minimum Gasteiger partial charge on any atom is -0.391 e. The molecule has 0 bridgehead atoms. The second-order valence-electron chi connectivity index (χ2n) is 8.90. The summed E-state index contributed by atoms with van der Waals surface area (Å²) >= 11 is 0. The fourth-order valence-electron chi connectivity index (χ4n) is 4.62. The average molecular weight is 483 g/mol. The maximum absolute atomic E-state index is 15.0. The largest absolute Gasteiger partial charge is 0.391 e. The Bertz CT molecular complexity index is 1410. The molecule has 0 spiro atoms. The highest BCUT2D eigenvalue weighted by Crippen LogP contribution is 2.28. The van der Waals surface area contributed by atoms with Crippen molar-refractivity contribution in [3.05, 3.63) is 71.4 Å². The second kappa shape index (κ2) is 9.18. The van der Waals surface area contributed by atoms with E-state index >= 15 is 0 Å². The van der Waals surface area contributed by atoms with Gasteiger partial charge in [-0.2, -0.15) is 10.2 Å². The molecule has 2 aromatic carbocycles. The van der Waals surface area contributed by atoms with Gasteiger partial charge in [-0.25, -0.2) is 13.2 Å². The maximum atomic E-state index is 15.0. The molecule has 35 heavy (non-hydrogen) atoms. The zero-order chi connectivity index (χ0) is 24.7. The summed E-state index contributed by atoms with van der Waals surface area (Å²) in [7, 11) is 1.76. The van der Waals surface area contributed by atoms with Crippen molar-refractivity contribution in [2.45, 2.75) is 44.4 Å². The van der Waals surface area contributed by atoms with E-state index in [1.54, 1.807) is 36.3 Å². The monoisotopic (exact) mass is 483 g/mol. The first-order valence-electron chi connectivity index (χ1n) is 11.4. The van der Waals surface area contributed by atoms with Crippen LogP contribution in [0.25, 0.3) is 22.0 Å². The number of hydrogen-bond acceptors (Lipinski definition) is 4. The van der Waals surface area contributed by atoms with Crippen LogP contribution < -0.4 is 5.32 Å². The van der Waals surface area contributed by atoms with E-state index < -0.39 is 35.5 Å². The SMILES string of the molecule is Cn1cc(-c2ccc(Cn3nc(C(=O)N[C@H]4CCCC[C@@H]4O)c4c(F)ccc(F)c43)c(F)c2)cn1. The third kappa shape index (κ3) is 4.41. The molecule has 0 saturated heterocycles. The number of nitrogens with zero attached hydrogens (tertiary/aromatic N) is 4. The van der Waals surface area contributed by atoms with Crippen molar-refractivity contribution < 1.29 is 23.1 Å². The molecular formula is C25H24F3N5O2. The van der Waals surface area contributed by atoms with Gasteiger partial charge in [-0.05, 0) is 36.6 Å². The zero-order valence-corrected chi connectivity index (χ0v) is 19.0. The highest BCUT2D eigenvalue weighted by atomic mass is 19.1. The van der Waals surface area contributed by atoms with Crippen LogP contribution in [0.3, 0.4) is 0 Å². The van der Waals surface area contributed by atoms with E-state index in [1.165, 1.54) is 6.07 Å². The van der Waals surface area contributed by atoms with Crippen molar-refractivity contribution in [1.29, 1.82) is 0 Å². The van der Waals surface area contributed by atoms with Gasteiger partial charge in [0.05, 0.1) is 30.3 Å². The minimum absolute atomic E-state index is 0.195. The smallest absolute Gasteiger partial charge is 0.272 e. The topological polar surface area (TPSA) is 85.0 Å². The van der Waals surface area contributed by atoms with Crippen LogP contribution in [0, 0.1) is 17.5 Å². The summed E-state index contributed by atoms with van der Waals surface area (Å²) < 4.78 is 47.3. The van der Waals surface area contributed by atoms with Crippen molar-refractivity contribution in [2.75, 3.05) is 0 Å². The average Bonchev–Trinajstić information content (AvgIpc) is 3.44. The van der Waals surface area contributed by atoms with Gasteiger partial charge in [0, 0.05) is 24.4 Å². The Morgan fingerprint density at radius 3 is 2.57 bits per heavy atom. The molecule has 1 amide bonds. The lowest BCUT2D eigenvalue weighted by atomic mass is 9.92. The number of halogens is 3. The molecule has 2 N–H and O–H groups in total. The summed E-state index contributed by atoms with van der Waals surface area (Å²) in [5, 5.41) is 20.9. The number of nitrogens with one attached hydrogen (secondary N) is 1. The summed E-state index contributed by atoms with van der Waals surface area (Å²) in [6, 6.07) is 5.97. The van der Waals surface area contributed by atoms with Crippen molar-refractivity contribution in [2.24, 2.45) is 7.05 Å². The Hall–Kier alpha value is -3.66. The fourth-order valence-corrected chi connectivity index (χ4v) is 4.62. The van der Waals surface area contributed by atoms with E-state index in [0.717, 1.165) is 35.2 Å². The van der Waals surface area contributed by atoms with Crippen molar-refractivity contribution in [3.63, 3.8) is 0 Å². The van der Waals surface area contributed by atoms with Crippen LogP contribution in [0.15, 0.2) is 42.7 Å². The standard InChI is InChI=1S/C25H24F3N5O2/c1-32-12-16(11-29-32)14-6-7-15(19(28)10-14)13-33-24-18(27)9-8-17(26)22(24)23(31-33)25(35)30-20-4-2-3-5-21(20)34/h6-12,20-21,34H,2-5,13H2,1H3,(H,30,35)/t20-,21-/m0/s1. The minimum atomic E-state index is -0.811. The molecule has 1 aliphatic rings. The highest BCUT2D eigenvalue weighted by Gasteiger charge is 2.29. The molecule has 10 heteroatoms. The summed E-state index contributed by atoms with van der Waals surface area (Å²) in [6.07, 6.45) is 5.48. The number of fused-ring (bicyclic) bond motifs is 1. The lowest BCUT2D eigenvalue weighted by Gasteiger charge is -2.28. The van der Waals surface area contributed by atoms with Gasteiger partial charge < -0.3 is 10.4 Å². The Kier molecular flexibility index (Phi) is 6.06. The molecule has 2 atom stereocenters. The third-order valence-electron chi connectivity index (χ3n) is 6.47. The van der Waals surface area contributed by atoms with Gasteiger partial charge in [0.1, 0.15) is 23.0 Å². The number of rotatable bonds is 5. The lowest BCUT2D eigenvalue weighted by molar-refractivity contribution is 0.0714. The van der Waals surface area contributed by atoms with Crippen LogP contribution in [0.2, 0.25) is 0 Å². The lowest BCUT2D eigenvalue weighted by Crippen LogP contribution is -2.45. The molecule has 1 saturated carbocycles. The molecule has 2 heterocycles. The number of carbonyl (C=O) groups excluding carboxylic acids is 1. The number of carbonyl (C=O) groups is 1. The van der Waals surface area contributed by atoms with Crippen LogP contribution in [0.5, 0.6) is 0 Å². The van der Waals surface area contributed by atoms with Crippen LogP contribution in [-0.4, -0.2) is 42.7 Å². The number of aryl methyl sites for hydroxylation is 1. The molecule has 7 nitrogen and oxygen atoms in total. The molecule has 0 aliphatic heterocycles. The van der Waals surface area contributed by atoms with E-state index in [-0.39, 0.29) is 28.7 Å². The normalized spacial score (nSPS) is 18.2. The number of aliphatic hydroxyl groups is 1. The summed E-state index contributed by atoms with van der Waals surface area (Å²) in [4.78, 5) is 13.0. The Balaban J connectivity index is 1.50. The van der Waals surface area contributed by atoms with Gasteiger partial charge in [-0.3, -0.25) is 14.2 Å². The van der Waals surface area contributed by atoms with Gasteiger partial charge in [0.25, 0.3) is 5.91 Å². The molecule has 5 rings (SSSR count).